The highest BCUT2D eigenvalue weighted by Crippen LogP contribution is 2.34. The number of hydrogen-bond donors (Lipinski definition) is 0. The van der Waals surface area contributed by atoms with E-state index in [-0.39, 0.29) is 18.0 Å². The lowest BCUT2D eigenvalue weighted by atomic mass is 10.0. The van der Waals surface area contributed by atoms with E-state index in [4.69, 9.17) is 14.2 Å². The quantitative estimate of drug-likeness (QED) is 0.792. The molecular formula is C21H30N2O5. The third-order valence-corrected chi connectivity index (χ3v) is 4.88. The molecule has 1 aromatic carbocycles. The van der Waals surface area contributed by atoms with Gasteiger partial charge < -0.3 is 24.0 Å². The Morgan fingerprint density at radius 2 is 1.96 bits per heavy atom. The van der Waals surface area contributed by atoms with Gasteiger partial charge in [-0.15, -0.1) is 0 Å². The molecule has 0 radical (unpaired) electrons. The van der Waals surface area contributed by atoms with E-state index in [9.17, 15) is 9.59 Å². The second-order valence-electron chi connectivity index (χ2n) is 8.34. The molecule has 2 aliphatic heterocycles. The van der Waals surface area contributed by atoms with Gasteiger partial charge in [0.2, 0.25) is 0 Å². The Bertz CT molecular complexity index is 728. The van der Waals surface area contributed by atoms with E-state index in [1.54, 1.807) is 35.0 Å². The molecule has 0 aromatic heterocycles. The van der Waals surface area contributed by atoms with Gasteiger partial charge in [-0.05, 0) is 52.2 Å². The fraction of sp³-hybridized carbons (Fsp3) is 0.619. The molecule has 2 heterocycles. The Hall–Kier alpha value is -2.44. The van der Waals surface area contributed by atoms with Crippen molar-refractivity contribution in [1.29, 1.82) is 0 Å². The molecule has 2 amide bonds. The lowest BCUT2D eigenvalue weighted by molar-refractivity contribution is 0.00601. The second kappa shape index (κ2) is 8.29. The first-order chi connectivity index (χ1) is 13.3. The first-order valence-electron chi connectivity index (χ1n) is 9.90. The van der Waals surface area contributed by atoms with Crippen LogP contribution in [0.25, 0.3) is 0 Å². The van der Waals surface area contributed by atoms with Gasteiger partial charge in [0, 0.05) is 20.1 Å². The molecule has 154 valence electrons. The highest BCUT2D eigenvalue weighted by molar-refractivity contribution is 5.97. The summed E-state index contributed by atoms with van der Waals surface area (Å²) >= 11 is 0. The Balaban J connectivity index is 1.71. The maximum atomic E-state index is 13.1. The van der Waals surface area contributed by atoms with Crippen LogP contribution < -0.4 is 9.47 Å². The van der Waals surface area contributed by atoms with Crippen molar-refractivity contribution in [1.82, 2.24) is 9.80 Å². The molecule has 3 rings (SSSR count). The van der Waals surface area contributed by atoms with Gasteiger partial charge in [-0.1, -0.05) is 6.07 Å². The Morgan fingerprint density at radius 1 is 1.21 bits per heavy atom. The van der Waals surface area contributed by atoms with Crippen LogP contribution in [0.15, 0.2) is 18.2 Å². The van der Waals surface area contributed by atoms with Crippen LogP contribution in [0.1, 0.15) is 50.4 Å². The second-order valence-corrected chi connectivity index (χ2v) is 8.34. The fourth-order valence-electron chi connectivity index (χ4n) is 3.60. The lowest BCUT2D eigenvalue weighted by Gasteiger charge is -2.38. The van der Waals surface area contributed by atoms with Crippen molar-refractivity contribution >= 4 is 12.0 Å². The van der Waals surface area contributed by atoms with Crippen molar-refractivity contribution in [2.24, 2.45) is 0 Å². The Labute approximate surface area is 166 Å². The largest absolute Gasteiger partial charge is 0.486 e. The van der Waals surface area contributed by atoms with E-state index in [2.05, 4.69) is 0 Å². The maximum Gasteiger partial charge on any atom is 0.410 e. The minimum atomic E-state index is -0.540. The molecule has 0 saturated carbocycles. The monoisotopic (exact) mass is 390 g/mol. The van der Waals surface area contributed by atoms with Crippen LogP contribution in [0.3, 0.4) is 0 Å². The van der Waals surface area contributed by atoms with Crippen LogP contribution in [0.5, 0.6) is 11.5 Å². The molecule has 0 bridgehead atoms. The molecule has 0 N–H and O–H groups in total. The van der Waals surface area contributed by atoms with Gasteiger partial charge >= 0.3 is 6.09 Å². The molecule has 1 saturated heterocycles. The summed E-state index contributed by atoms with van der Waals surface area (Å²) in [5.41, 5.74) is -0.0549. The predicted molar refractivity (Wildman–Crippen MR) is 105 cm³/mol. The van der Waals surface area contributed by atoms with E-state index in [1.807, 2.05) is 20.8 Å². The maximum absolute atomic E-state index is 13.1. The van der Waals surface area contributed by atoms with Gasteiger partial charge in [0.15, 0.2) is 11.5 Å². The first kappa shape index (κ1) is 20.3. The molecule has 7 heteroatoms. The number of para-hydroxylation sites is 1. The SMILES string of the molecule is CN(C[C@@H]1CCCCN1C(=O)OC(C)(C)C)C(=O)c1cccc2c1OCCO2. The van der Waals surface area contributed by atoms with Crippen molar-refractivity contribution in [2.45, 2.75) is 51.7 Å². The van der Waals surface area contributed by atoms with Crippen molar-refractivity contribution < 1.29 is 23.8 Å². The van der Waals surface area contributed by atoms with Crippen LogP contribution in [0.2, 0.25) is 0 Å². The fourth-order valence-corrected chi connectivity index (χ4v) is 3.60. The molecule has 7 nitrogen and oxygen atoms in total. The summed E-state index contributed by atoms with van der Waals surface area (Å²) in [6.07, 6.45) is 2.52. The van der Waals surface area contributed by atoms with Crippen LogP contribution in [0.4, 0.5) is 4.79 Å². The zero-order chi connectivity index (χ0) is 20.3. The summed E-state index contributed by atoms with van der Waals surface area (Å²) in [5, 5.41) is 0. The molecule has 2 aliphatic rings. The van der Waals surface area contributed by atoms with Crippen LogP contribution in [-0.4, -0.2) is 66.8 Å². The normalized spacial score (nSPS) is 19.1. The number of likely N-dealkylation sites (N-methyl/N-ethyl adjacent to an activating group) is 1. The summed E-state index contributed by atoms with van der Waals surface area (Å²) in [7, 11) is 1.76. The van der Waals surface area contributed by atoms with E-state index in [1.165, 1.54) is 0 Å². The van der Waals surface area contributed by atoms with Gasteiger partial charge in [-0.2, -0.15) is 0 Å². The third-order valence-electron chi connectivity index (χ3n) is 4.88. The van der Waals surface area contributed by atoms with Crippen LogP contribution >= 0.6 is 0 Å². The number of carbonyl (C=O) groups is 2. The Kier molecular flexibility index (Phi) is 6.01. The van der Waals surface area contributed by atoms with Gasteiger partial charge in [-0.3, -0.25) is 4.79 Å². The van der Waals surface area contributed by atoms with Crippen molar-refractivity contribution in [3.05, 3.63) is 23.8 Å². The van der Waals surface area contributed by atoms with Crippen LogP contribution in [0, 0.1) is 0 Å². The van der Waals surface area contributed by atoms with E-state index in [0.29, 0.717) is 43.4 Å². The number of likely N-dealkylation sites (tertiary alicyclic amines) is 1. The summed E-state index contributed by atoms with van der Waals surface area (Å²) in [5.74, 6) is 0.953. The first-order valence-corrected chi connectivity index (χ1v) is 9.90. The predicted octanol–water partition coefficient (Wildman–Crippen LogP) is 3.32. The van der Waals surface area contributed by atoms with Crippen LogP contribution in [-0.2, 0) is 4.74 Å². The number of ether oxygens (including phenoxy) is 3. The van der Waals surface area contributed by atoms with E-state index in [0.717, 1.165) is 19.3 Å². The molecule has 1 fully saturated rings. The zero-order valence-corrected chi connectivity index (χ0v) is 17.2. The standard InChI is InChI=1S/C21H30N2O5/c1-21(2,3)28-20(25)23-11-6-5-8-15(23)14-22(4)19(24)16-9-7-10-17-18(16)27-13-12-26-17/h7,9-10,15H,5-6,8,11-14H2,1-4H3/t15-/m0/s1. The van der Waals surface area contributed by atoms with Crippen molar-refractivity contribution in [2.75, 3.05) is 33.4 Å². The van der Waals surface area contributed by atoms with E-state index < -0.39 is 5.60 Å². The number of fused-ring (bicyclic) bond motifs is 1. The molecular weight excluding hydrogens is 360 g/mol. The zero-order valence-electron chi connectivity index (χ0n) is 17.2. The number of piperidine rings is 1. The summed E-state index contributed by atoms with van der Waals surface area (Å²) in [6.45, 7) is 7.59. The third kappa shape index (κ3) is 4.69. The molecule has 0 aliphatic carbocycles. The molecule has 0 spiro atoms. The van der Waals surface area contributed by atoms with Crippen molar-refractivity contribution in [3.63, 3.8) is 0 Å². The number of nitrogens with zero attached hydrogens (tertiary/aromatic N) is 2. The minimum Gasteiger partial charge on any atom is -0.486 e. The summed E-state index contributed by atoms with van der Waals surface area (Å²) < 4.78 is 16.8. The average molecular weight is 390 g/mol. The van der Waals surface area contributed by atoms with E-state index >= 15 is 0 Å². The van der Waals surface area contributed by atoms with Gasteiger partial charge in [0.05, 0.1) is 11.6 Å². The van der Waals surface area contributed by atoms with Gasteiger partial charge in [0.1, 0.15) is 18.8 Å². The molecule has 0 unspecified atom stereocenters. The number of carbonyl (C=O) groups excluding carboxylic acids is 2. The summed E-state index contributed by atoms with van der Waals surface area (Å²) in [4.78, 5) is 29.1. The van der Waals surface area contributed by atoms with Crippen molar-refractivity contribution in [3.8, 4) is 11.5 Å². The number of amides is 2. The smallest absolute Gasteiger partial charge is 0.410 e. The average Bonchev–Trinajstić information content (AvgIpc) is 2.66. The number of hydrogen-bond acceptors (Lipinski definition) is 5. The highest BCUT2D eigenvalue weighted by atomic mass is 16.6. The number of benzene rings is 1. The molecule has 28 heavy (non-hydrogen) atoms. The highest BCUT2D eigenvalue weighted by Gasteiger charge is 2.32. The summed E-state index contributed by atoms with van der Waals surface area (Å²) in [6, 6.07) is 5.28. The Morgan fingerprint density at radius 3 is 2.71 bits per heavy atom. The minimum absolute atomic E-state index is 0.0609. The molecule has 1 aromatic rings. The lowest BCUT2D eigenvalue weighted by Crippen LogP contribution is -2.51. The molecule has 1 atom stereocenters. The van der Waals surface area contributed by atoms with Gasteiger partial charge in [-0.25, -0.2) is 4.79 Å². The van der Waals surface area contributed by atoms with Gasteiger partial charge in [0.25, 0.3) is 5.91 Å². The topological polar surface area (TPSA) is 68.3 Å². The number of rotatable bonds is 3.